The summed E-state index contributed by atoms with van der Waals surface area (Å²) in [5.74, 6) is 0.768. The van der Waals surface area contributed by atoms with Crippen molar-refractivity contribution < 1.29 is 9.84 Å². The number of aliphatic hydroxyl groups excluding tert-OH is 1. The van der Waals surface area contributed by atoms with Gasteiger partial charge in [0.2, 0.25) is 5.95 Å². The van der Waals surface area contributed by atoms with E-state index in [1.165, 1.54) is 0 Å². The monoisotopic (exact) mass is 341 g/mol. The van der Waals surface area contributed by atoms with Crippen LogP contribution in [0.5, 0.6) is 0 Å². The molecule has 0 unspecified atom stereocenters. The summed E-state index contributed by atoms with van der Waals surface area (Å²) in [6.45, 7) is 4.49. The van der Waals surface area contributed by atoms with Crippen molar-refractivity contribution in [1.82, 2.24) is 9.97 Å². The number of rotatable bonds is 3. The van der Waals surface area contributed by atoms with Crippen molar-refractivity contribution in [3.05, 3.63) is 16.9 Å². The van der Waals surface area contributed by atoms with Crippen molar-refractivity contribution in [2.45, 2.75) is 38.4 Å². The van der Waals surface area contributed by atoms with Crippen LogP contribution in [-0.4, -0.2) is 47.0 Å². The van der Waals surface area contributed by atoms with E-state index < -0.39 is 0 Å². The number of piperidine rings is 1. The lowest BCUT2D eigenvalue weighted by atomic mass is 9.58. The molecule has 110 valence electrons. The number of halogens is 1. The van der Waals surface area contributed by atoms with Crippen LogP contribution in [-0.2, 0) is 4.74 Å². The summed E-state index contributed by atoms with van der Waals surface area (Å²) < 4.78 is 6.67. The zero-order valence-corrected chi connectivity index (χ0v) is 13.2. The Morgan fingerprint density at radius 3 is 2.60 bits per heavy atom. The lowest BCUT2D eigenvalue weighted by molar-refractivity contribution is -0.199. The topological polar surface area (TPSA) is 58.5 Å². The molecular weight excluding hydrogens is 322 g/mol. The van der Waals surface area contributed by atoms with Gasteiger partial charge in [-0.15, -0.1) is 0 Å². The minimum Gasteiger partial charge on any atom is -0.392 e. The molecule has 5 nitrogen and oxygen atoms in total. The number of ether oxygens (including phenoxy) is 1. The number of anilines is 1. The lowest BCUT2D eigenvalue weighted by Crippen LogP contribution is -2.62. The second-order valence-electron chi connectivity index (χ2n) is 5.62. The smallest absolute Gasteiger partial charge is 0.225 e. The van der Waals surface area contributed by atoms with Crippen LogP contribution in [0.25, 0.3) is 0 Å². The van der Waals surface area contributed by atoms with Crippen molar-refractivity contribution in [1.29, 1.82) is 0 Å². The van der Waals surface area contributed by atoms with E-state index in [0.29, 0.717) is 0 Å². The summed E-state index contributed by atoms with van der Waals surface area (Å²) in [7, 11) is 0. The minimum atomic E-state index is -0.216. The molecule has 1 aliphatic heterocycles. The van der Waals surface area contributed by atoms with Gasteiger partial charge in [-0.05, 0) is 35.7 Å². The third-order valence-electron chi connectivity index (χ3n) is 4.69. The summed E-state index contributed by atoms with van der Waals surface area (Å²) in [6, 6.07) is 0. The van der Waals surface area contributed by atoms with Gasteiger partial charge in [0.15, 0.2) is 0 Å². The number of nitrogens with zero attached hydrogens (tertiary/aromatic N) is 3. The Morgan fingerprint density at radius 2 is 2.05 bits per heavy atom. The average Bonchev–Trinajstić information content (AvgIpc) is 2.48. The SMILES string of the molecule is CCO[C@@H]1C[C@@H](O)C12CCN(c1ncc(Br)cn1)CC2. The van der Waals surface area contributed by atoms with Gasteiger partial charge in [0, 0.05) is 43.9 Å². The van der Waals surface area contributed by atoms with E-state index in [9.17, 15) is 5.11 Å². The Bertz CT molecular complexity index is 458. The van der Waals surface area contributed by atoms with Crippen molar-refractivity contribution in [3.63, 3.8) is 0 Å². The molecule has 1 saturated heterocycles. The molecule has 0 radical (unpaired) electrons. The van der Waals surface area contributed by atoms with Gasteiger partial charge in [0.1, 0.15) is 0 Å². The molecule has 20 heavy (non-hydrogen) atoms. The fourth-order valence-electron chi connectivity index (χ4n) is 3.41. The number of aromatic nitrogens is 2. The van der Waals surface area contributed by atoms with Gasteiger partial charge < -0.3 is 14.7 Å². The van der Waals surface area contributed by atoms with Gasteiger partial charge in [-0.25, -0.2) is 9.97 Å². The highest BCUT2D eigenvalue weighted by Crippen LogP contribution is 2.51. The van der Waals surface area contributed by atoms with E-state index in [0.717, 1.165) is 49.4 Å². The third-order valence-corrected chi connectivity index (χ3v) is 5.10. The van der Waals surface area contributed by atoms with Crippen molar-refractivity contribution >= 4 is 21.9 Å². The molecule has 1 spiro atoms. The van der Waals surface area contributed by atoms with Crippen LogP contribution in [0.2, 0.25) is 0 Å². The molecule has 1 aliphatic carbocycles. The Morgan fingerprint density at radius 1 is 1.40 bits per heavy atom. The zero-order valence-electron chi connectivity index (χ0n) is 11.6. The molecule has 1 N–H and O–H groups in total. The fraction of sp³-hybridized carbons (Fsp3) is 0.714. The Kier molecular flexibility index (Phi) is 3.97. The first kappa shape index (κ1) is 14.2. The standard InChI is InChI=1S/C14H20BrN3O2/c1-2-20-12-7-11(19)14(12)3-5-18(6-4-14)13-16-8-10(15)9-17-13/h8-9,11-12,19H,2-7H2,1H3/t11-,12-/m1/s1. The molecule has 2 fully saturated rings. The molecule has 2 aliphatic rings. The van der Waals surface area contributed by atoms with Crippen molar-refractivity contribution in [3.8, 4) is 0 Å². The highest BCUT2D eigenvalue weighted by molar-refractivity contribution is 9.10. The molecule has 2 heterocycles. The zero-order chi connectivity index (χ0) is 14.2. The van der Waals surface area contributed by atoms with E-state index in [1.807, 2.05) is 6.92 Å². The summed E-state index contributed by atoms with van der Waals surface area (Å²) in [5, 5.41) is 10.2. The molecule has 3 rings (SSSR count). The average molecular weight is 342 g/mol. The second-order valence-corrected chi connectivity index (χ2v) is 6.53. The Labute approximate surface area is 127 Å². The summed E-state index contributed by atoms with van der Waals surface area (Å²) in [4.78, 5) is 10.9. The Balaban J connectivity index is 1.65. The van der Waals surface area contributed by atoms with Crippen molar-refractivity contribution in [2.24, 2.45) is 5.41 Å². The first-order chi connectivity index (χ1) is 9.65. The molecule has 0 amide bonds. The molecule has 1 aromatic heterocycles. The molecule has 1 aromatic rings. The largest absolute Gasteiger partial charge is 0.392 e. The highest BCUT2D eigenvalue weighted by atomic mass is 79.9. The summed E-state index contributed by atoms with van der Waals surface area (Å²) in [5.41, 5.74) is -0.0398. The maximum atomic E-state index is 10.2. The number of aliphatic hydroxyl groups is 1. The van der Waals surface area contributed by atoms with Gasteiger partial charge >= 0.3 is 0 Å². The number of hydrogen-bond donors (Lipinski definition) is 1. The molecule has 2 atom stereocenters. The van der Waals surface area contributed by atoms with Crippen LogP contribution in [0.4, 0.5) is 5.95 Å². The predicted molar refractivity (Wildman–Crippen MR) is 79.6 cm³/mol. The Hall–Kier alpha value is -0.720. The van der Waals surface area contributed by atoms with E-state index in [-0.39, 0.29) is 17.6 Å². The molecule has 0 aromatic carbocycles. The molecule has 6 heteroatoms. The van der Waals surface area contributed by atoms with Crippen LogP contribution in [0, 0.1) is 5.41 Å². The molecule has 0 bridgehead atoms. The van der Waals surface area contributed by atoms with Crippen LogP contribution >= 0.6 is 15.9 Å². The van der Waals surface area contributed by atoms with Gasteiger partial charge in [-0.1, -0.05) is 0 Å². The predicted octanol–water partition coefficient (Wildman–Crippen LogP) is 2.00. The maximum Gasteiger partial charge on any atom is 0.225 e. The van der Waals surface area contributed by atoms with Crippen LogP contribution in [0.15, 0.2) is 16.9 Å². The van der Waals surface area contributed by atoms with E-state index in [2.05, 4.69) is 30.8 Å². The van der Waals surface area contributed by atoms with Crippen LogP contribution < -0.4 is 4.90 Å². The van der Waals surface area contributed by atoms with E-state index in [4.69, 9.17) is 4.74 Å². The van der Waals surface area contributed by atoms with Crippen LogP contribution in [0.3, 0.4) is 0 Å². The van der Waals surface area contributed by atoms with Gasteiger partial charge in [0.05, 0.1) is 16.7 Å². The van der Waals surface area contributed by atoms with Crippen molar-refractivity contribution in [2.75, 3.05) is 24.6 Å². The van der Waals surface area contributed by atoms with E-state index in [1.54, 1.807) is 12.4 Å². The first-order valence-electron chi connectivity index (χ1n) is 7.18. The summed E-state index contributed by atoms with van der Waals surface area (Å²) in [6.07, 6.45) is 6.21. The van der Waals surface area contributed by atoms with Gasteiger partial charge in [-0.2, -0.15) is 0 Å². The quantitative estimate of drug-likeness (QED) is 0.911. The third kappa shape index (κ3) is 2.34. The van der Waals surface area contributed by atoms with Gasteiger partial charge in [-0.3, -0.25) is 0 Å². The maximum absolute atomic E-state index is 10.2. The summed E-state index contributed by atoms with van der Waals surface area (Å²) >= 11 is 3.35. The normalized spacial score (nSPS) is 28.4. The highest BCUT2D eigenvalue weighted by Gasteiger charge is 2.56. The number of hydrogen-bond acceptors (Lipinski definition) is 5. The lowest BCUT2D eigenvalue weighted by Gasteiger charge is -2.56. The second kappa shape index (κ2) is 5.58. The van der Waals surface area contributed by atoms with E-state index >= 15 is 0 Å². The van der Waals surface area contributed by atoms with Crippen LogP contribution in [0.1, 0.15) is 26.2 Å². The fourth-order valence-corrected chi connectivity index (χ4v) is 3.61. The first-order valence-corrected chi connectivity index (χ1v) is 7.97. The van der Waals surface area contributed by atoms with Gasteiger partial charge in [0.25, 0.3) is 0 Å². The molecule has 1 saturated carbocycles. The minimum absolute atomic E-state index is 0.0398. The molecular formula is C14H20BrN3O2.